The van der Waals surface area contributed by atoms with E-state index >= 15 is 0 Å². The Hall–Kier alpha value is -0.670. The Morgan fingerprint density at radius 2 is 2.00 bits per heavy atom. The fourth-order valence-electron chi connectivity index (χ4n) is 2.21. The Morgan fingerprint density at radius 1 is 1.33 bits per heavy atom. The van der Waals surface area contributed by atoms with Crippen LogP contribution in [0.25, 0.3) is 0 Å². The van der Waals surface area contributed by atoms with Crippen LogP contribution >= 0.6 is 0 Å². The van der Waals surface area contributed by atoms with Gasteiger partial charge in [-0.3, -0.25) is 4.79 Å². The second-order valence-corrected chi connectivity index (χ2v) is 3.74. The lowest BCUT2D eigenvalue weighted by molar-refractivity contribution is -0.142. The maximum Gasteiger partial charge on any atom is 0.306 e. The van der Waals surface area contributed by atoms with Gasteiger partial charge in [0.05, 0.1) is 5.92 Å². The van der Waals surface area contributed by atoms with Gasteiger partial charge in [0.15, 0.2) is 0 Å². The quantitative estimate of drug-likeness (QED) is 0.660. The first-order valence-corrected chi connectivity index (χ1v) is 4.14. The fraction of sp³-hybridized carbons (Fsp3) is 0.875. The van der Waals surface area contributed by atoms with E-state index in [1.807, 2.05) is 0 Å². The van der Waals surface area contributed by atoms with Gasteiger partial charge in [-0.2, -0.15) is 0 Å². The van der Waals surface area contributed by atoms with E-state index in [0.29, 0.717) is 12.8 Å². The van der Waals surface area contributed by atoms with Crippen LogP contribution in [-0.2, 0) is 4.79 Å². The number of alkyl halides is 2. The molecule has 2 aliphatic carbocycles. The molecule has 0 heterocycles. The highest BCUT2D eigenvalue weighted by atomic mass is 19.3. The van der Waals surface area contributed by atoms with Crippen molar-refractivity contribution in [2.75, 3.05) is 0 Å². The van der Waals surface area contributed by atoms with Gasteiger partial charge < -0.3 is 5.11 Å². The largest absolute Gasteiger partial charge is 0.481 e. The molecule has 1 N–H and O–H groups in total. The van der Waals surface area contributed by atoms with E-state index in [4.69, 9.17) is 5.11 Å². The smallest absolute Gasteiger partial charge is 0.306 e. The molecule has 0 spiro atoms. The molecular formula is C8H10F2O2. The molecule has 2 fully saturated rings. The van der Waals surface area contributed by atoms with Gasteiger partial charge in [-0.05, 0) is 19.3 Å². The molecule has 0 aromatic carbocycles. The van der Waals surface area contributed by atoms with Crippen molar-refractivity contribution in [2.24, 2.45) is 17.8 Å². The van der Waals surface area contributed by atoms with E-state index in [2.05, 4.69) is 0 Å². The van der Waals surface area contributed by atoms with Gasteiger partial charge in [-0.15, -0.1) is 0 Å². The van der Waals surface area contributed by atoms with Gasteiger partial charge in [0, 0.05) is 11.8 Å². The minimum atomic E-state index is -2.55. The highest BCUT2D eigenvalue weighted by Gasteiger charge is 2.69. The summed E-state index contributed by atoms with van der Waals surface area (Å²) in [6.07, 6.45) is 0.980. The van der Waals surface area contributed by atoms with Crippen LogP contribution < -0.4 is 0 Å². The van der Waals surface area contributed by atoms with Crippen molar-refractivity contribution in [1.29, 1.82) is 0 Å². The first-order valence-electron chi connectivity index (χ1n) is 4.14. The zero-order valence-corrected chi connectivity index (χ0v) is 6.46. The van der Waals surface area contributed by atoms with Gasteiger partial charge in [-0.1, -0.05) is 0 Å². The maximum atomic E-state index is 12.7. The summed E-state index contributed by atoms with van der Waals surface area (Å²) < 4.78 is 25.5. The topological polar surface area (TPSA) is 37.3 Å². The highest BCUT2D eigenvalue weighted by Crippen LogP contribution is 2.63. The number of carboxylic acid groups (broad SMARTS) is 1. The van der Waals surface area contributed by atoms with Crippen LogP contribution in [0.1, 0.15) is 19.3 Å². The number of carbonyl (C=O) groups is 1. The average molecular weight is 176 g/mol. The van der Waals surface area contributed by atoms with Crippen LogP contribution in [0, 0.1) is 17.8 Å². The third-order valence-corrected chi connectivity index (χ3v) is 3.08. The molecule has 4 heteroatoms. The second-order valence-electron chi connectivity index (χ2n) is 3.74. The molecule has 0 amide bonds. The summed E-state index contributed by atoms with van der Waals surface area (Å²) in [5.41, 5.74) is 0. The number of hydrogen-bond acceptors (Lipinski definition) is 1. The van der Waals surface area contributed by atoms with Crippen molar-refractivity contribution in [3.05, 3.63) is 0 Å². The first-order chi connectivity index (χ1) is 5.53. The van der Waals surface area contributed by atoms with Crippen molar-refractivity contribution in [2.45, 2.75) is 25.2 Å². The maximum absolute atomic E-state index is 12.7. The molecule has 0 radical (unpaired) electrons. The third-order valence-electron chi connectivity index (χ3n) is 3.08. The Morgan fingerprint density at radius 3 is 2.50 bits per heavy atom. The molecule has 0 bridgehead atoms. The van der Waals surface area contributed by atoms with Crippen molar-refractivity contribution in [3.8, 4) is 0 Å². The first kappa shape index (κ1) is 7.95. The summed E-state index contributed by atoms with van der Waals surface area (Å²) in [5.74, 6) is -5.14. The Labute approximate surface area is 68.6 Å². The number of aliphatic carboxylic acids is 1. The molecule has 2 saturated carbocycles. The standard InChI is InChI=1S/C8H10F2O2/c9-8(10)5-2-1-4(7(11)12)3-6(5)8/h4-6H,1-3H2,(H,11,12)/t4-,5-,6+/m1/s1. The Bertz CT molecular complexity index is 227. The van der Waals surface area contributed by atoms with Crippen LogP contribution in [0.5, 0.6) is 0 Å². The molecule has 12 heavy (non-hydrogen) atoms. The summed E-state index contributed by atoms with van der Waals surface area (Å²) >= 11 is 0. The van der Waals surface area contributed by atoms with E-state index in [-0.39, 0.29) is 6.42 Å². The monoisotopic (exact) mass is 176 g/mol. The van der Waals surface area contributed by atoms with Gasteiger partial charge in [0.2, 0.25) is 0 Å². The van der Waals surface area contributed by atoms with Gasteiger partial charge in [-0.25, -0.2) is 8.78 Å². The van der Waals surface area contributed by atoms with Crippen molar-refractivity contribution in [1.82, 2.24) is 0 Å². The van der Waals surface area contributed by atoms with E-state index in [1.165, 1.54) is 0 Å². The van der Waals surface area contributed by atoms with E-state index < -0.39 is 29.6 Å². The summed E-state index contributed by atoms with van der Waals surface area (Å²) in [6.45, 7) is 0. The Balaban J connectivity index is 2.01. The molecule has 2 aliphatic rings. The summed E-state index contributed by atoms with van der Waals surface area (Å²) in [4.78, 5) is 10.5. The normalized spacial score (nSPS) is 43.3. The van der Waals surface area contributed by atoms with E-state index in [0.717, 1.165) is 0 Å². The molecule has 0 aliphatic heterocycles. The summed E-state index contributed by atoms with van der Waals surface area (Å²) in [7, 11) is 0. The fourth-order valence-corrected chi connectivity index (χ4v) is 2.21. The molecule has 0 aromatic rings. The minimum Gasteiger partial charge on any atom is -0.481 e. The number of carboxylic acids is 1. The molecule has 0 saturated heterocycles. The summed E-state index contributed by atoms with van der Waals surface area (Å²) in [6, 6.07) is 0. The van der Waals surface area contributed by atoms with Crippen LogP contribution in [-0.4, -0.2) is 17.0 Å². The molecule has 68 valence electrons. The zero-order valence-electron chi connectivity index (χ0n) is 6.46. The van der Waals surface area contributed by atoms with Gasteiger partial charge >= 0.3 is 5.97 Å². The van der Waals surface area contributed by atoms with Gasteiger partial charge in [0.25, 0.3) is 5.92 Å². The lowest BCUT2D eigenvalue weighted by atomic mass is 9.89. The van der Waals surface area contributed by atoms with Crippen LogP contribution in [0.3, 0.4) is 0 Å². The highest BCUT2D eigenvalue weighted by molar-refractivity contribution is 5.70. The molecule has 0 unspecified atom stereocenters. The lowest BCUT2D eigenvalue weighted by Gasteiger charge is -2.14. The molecule has 2 rings (SSSR count). The minimum absolute atomic E-state index is 0.174. The molecular weight excluding hydrogens is 166 g/mol. The number of hydrogen-bond donors (Lipinski definition) is 1. The van der Waals surface area contributed by atoms with Crippen molar-refractivity contribution >= 4 is 5.97 Å². The average Bonchev–Trinajstić information content (AvgIpc) is 2.55. The zero-order chi connectivity index (χ0) is 8.93. The number of rotatable bonds is 1. The second kappa shape index (κ2) is 2.18. The lowest BCUT2D eigenvalue weighted by Crippen LogP contribution is -2.18. The third kappa shape index (κ3) is 0.934. The SMILES string of the molecule is O=C(O)[C@@H]1CC[C@@H]2[C@H](C1)C2(F)F. The van der Waals surface area contributed by atoms with Crippen LogP contribution in [0.4, 0.5) is 8.78 Å². The van der Waals surface area contributed by atoms with Crippen LogP contribution in [0.15, 0.2) is 0 Å². The predicted molar refractivity (Wildman–Crippen MR) is 36.9 cm³/mol. The van der Waals surface area contributed by atoms with Crippen molar-refractivity contribution in [3.63, 3.8) is 0 Å². The predicted octanol–water partition coefficient (Wildman–Crippen LogP) is 1.75. The summed E-state index contributed by atoms with van der Waals surface area (Å²) in [5, 5.41) is 8.60. The number of fused-ring (bicyclic) bond motifs is 1. The Kier molecular flexibility index (Phi) is 1.44. The van der Waals surface area contributed by atoms with E-state index in [9.17, 15) is 13.6 Å². The molecule has 0 aromatic heterocycles. The van der Waals surface area contributed by atoms with Gasteiger partial charge in [0.1, 0.15) is 0 Å². The number of halogens is 2. The molecule has 2 nitrogen and oxygen atoms in total. The van der Waals surface area contributed by atoms with E-state index in [1.54, 1.807) is 0 Å². The van der Waals surface area contributed by atoms with Crippen LogP contribution in [0.2, 0.25) is 0 Å². The van der Waals surface area contributed by atoms with Crippen molar-refractivity contribution < 1.29 is 18.7 Å². The molecule has 3 atom stereocenters.